The van der Waals surface area contributed by atoms with Crippen molar-refractivity contribution in [2.45, 2.75) is 70.9 Å². The summed E-state index contributed by atoms with van der Waals surface area (Å²) in [6.45, 7) is 4.44. The Morgan fingerprint density at radius 1 is 1.28 bits per heavy atom. The highest BCUT2D eigenvalue weighted by molar-refractivity contribution is 7.11. The Morgan fingerprint density at radius 2 is 2.00 bits per heavy atom. The molecule has 1 unspecified atom stereocenters. The number of aromatic nitrogens is 1. The van der Waals surface area contributed by atoms with Crippen molar-refractivity contribution in [1.29, 1.82) is 0 Å². The van der Waals surface area contributed by atoms with Crippen molar-refractivity contribution in [3.8, 4) is 0 Å². The fourth-order valence-electron chi connectivity index (χ4n) is 3.12. The predicted octanol–water partition coefficient (Wildman–Crippen LogP) is 4.00. The molecule has 0 radical (unpaired) electrons. The van der Waals surface area contributed by atoms with Crippen LogP contribution in [0.25, 0.3) is 0 Å². The molecule has 3 heteroatoms. The molecule has 1 N–H and O–H groups in total. The summed E-state index contributed by atoms with van der Waals surface area (Å²) in [4.78, 5) is 6.33. The zero-order valence-corrected chi connectivity index (χ0v) is 12.4. The lowest BCUT2D eigenvalue weighted by atomic mass is 9.98. The number of hydrogen-bond donors (Lipinski definition) is 1. The summed E-state index contributed by atoms with van der Waals surface area (Å²) < 4.78 is 0. The summed E-state index contributed by atoms with van der Waals surface area (Å²) in [5.74, 6) is 0.834. The Kier molecular flexibility index (Phi) is 3.71. The maximum Gasteiger partial charge on any atom is 0.110 e. The molecular weight excluding hydrogens is 240 g/mol. The van der Waals surface area contributed by atoms with Crippen LogP contribution < -0.4 is 5.32 Å². The lowest BCUT2D eigenvalue weighted by molar-refractivity contribution is 0.363. The highest BCUT2D eigenvalue weighted by Gasteiger charge is 2.33. The van der Waals surface area contributed by atoms with Crippen LogP contribution in [0.4, 0.5) is 0 Å². The van der Waals surface area contributed by atoms with Crippen molar-refractivity contribution in [2.24, 2.45) is 5.92 Å². The Balaban J connectivity index is 1.80. The number of nitrogens with one attached hydrogen (secondary N) is 1. The molecule has 1 aromatic heterocycles. The summed E-state index contributed by atoms with van der Waals surface area (Å²) in [6.07, 6.45) is 9.43. The minimum absolute atomic E-state index is 0.545. The van der Waals surface area contributed by atoms with Crippen LogP contribution >= 0.6 is 11.3 Å². The average Bonchev–Trinajstić information content (AvgIpc) is 2.90. The van der Waals surface area contributed by atoms with E-state index in [1.165, 1.54) is 54.1 Å². The molecule has 1 heterocycles. The Morgan fingerprint density at radius 3 is 2.56 bits per heavy atom. The average molecular weight is 264 g/mol. The SMILES string of the molecule is CCc1nc(C(NC2CC2)C2CCCC2)sc1C. The highest BCUT2D eigenvalue weighted by atomic mass is 32.1. The summed E-state index contributed by atoms with van der Waals surface area (Å²) in [5, 5.41) is 5.23. The Bertz CT molecular complexity index is 403. The first-order chi connectivity index (χ1) is 8.78. The van der Waals surface area contributed by atoms with Crippen molar-refractivity contribution in [1.82, 2.24) is 10.3 Å². The highest BCUT2D eigenvalue weighted by Crippen LogP contribution is 2.39. The van der Waals surface area contributed by atoms with Gasteiger partial charge in [-0.25, -0.2) is 4.98 Å². The van der Waals surface area contributed by atoms with Crippen LogP contribution in [0.15, 0.2) is 0 Å². The molecule has 0 amide bonds. The minimum Gasteiger partial charge on any atom is -0.305 e. The number of hydrogen-bond acceptors (Lipinski definition) is 3. The molecule has 2 nitrogen and oxygen atoms in total. The fraction of sp³-hybridized carbons (Fsp3) is 0.800. The predicted molar refractivity (Wildman–Crippen MR) is 77.1 cm³/mol. The van der Waals surface area contributed by atoms with Gasteiger partial charge in [0.05, 0.1) is 11.7 Å². The summed E-state index contributed by atoms with van der Waals surface area (Å²) in [6, 6.07) is 1.33. The van der Waals surface area contributed by atoms with Gasteiger partial charge in [0.1, 0.15) is 5.01 Å². The number of rotatable bonds is 5. The summed E-state index contributed by atoms with van der Waals surface area (Å²) in [5.41, 5.74) is 1.32. The van der Waals surface area contributed by atoms with Gasteiger partial charge in [0, 0.05) is 10.9 Å². The standard InChI is InChI=1S/C15H24N2S/c1-3-13-10(2)18-15(17-13)14(16-12-8-9-12)11-6-4-5-7-11/h11-12,14,16H,3-9H2,1-2H3. The molecule has 18 heavy (non-hydrogen) atoms. The fourth-order valence-corrected chi connectivity index (χ4v) is 4.28. The molecule has 2 fully saturated rings. The molecule has 2 aliphatic rings. The molecule has 0 saturated heterocycles. The van der Waals surface area contributed by atoms with Crippen molar-refractivity contribution in [2.75, 3.05) is 0 Å². The van der Waals surface area contributed by atoms with Crippen LogP contribution in [0.1, 0.15) is 67.1 Å². The van der Waals surface area contributed by atoms with Gasteiger partial charge in [-0.05, 0) is 44.9 Å². The maximum absolute atomic E-state index is 4.91. The van der Waals surface area contributed by atoms with Crippen LogP contribution in [0, 0.1) is 12.8 Å². The van der Waals surface area contributed by atoms with Crippen molar-refractivity contribution >= 4 is 11.3 Å². The summed E-state index contributed by atoms with van der Waals surface area (Å²) in [7, 11) is 0. The van der Waals surface area contributed by atoms with Gasteiger partial charge in [-0.2, -0.15) is 0 Å². The zero-order valence-electron chi connectivity index (χ0n) is 11.5. The molecule has 0 aromatic carbocycles. The first-order valence-electron chi connectivity index (χ1n) is 7.50. The first-order valence-corrected chi connectivity index (χ1v) is 8.31. The molecule has 0 aliphatic heterocycles. The lowest BCUT2D eigenvalue weighted by Crippen LogP contribution is -2.28. The molecule has 100 valence electrons. The number of thiazole rings is 1. The van der Waals surface area contributed by atoms with E-state index in [0.29, 0.717) is 6.04 Å². The number of aryl methyl sites for hydroxylation is 2. The van der Waals surface area contributed by atoms with Gasteiger partial charge in [0.2, 0.25) is 0 Å². The van der Waals surface area contributed by atoms with E-state index in [1.807, 2.05) is 11.3 Å². The lowest BCUT2D eigenvalue weighted by Gasteiger charge is -2.22. The van der Waals surface area contributed by atoms with Crippen LogP contribution in [-0.4, -0.2) is 11.0 Å². The van der Waals surface area contributed by atoms with Crippen molar-refractivity contribution in [3.63, 3.8) is 0 Å². The van der Waals surface area contributed by atoms with Gasteiger partial charge in [0.15, 0.2) is 0 Å². The van der Waals surface area contributed by atoms with Gasteiger partial charge in [-0.15, -0.1) is 11.3 Å². The quantitative estimate of drug-likeness (QED) is 0.869. The van der Waals surface area contributed by atoms with Crippen LogP contribution in [0.5, 0.6) is 0 Å². The third-order valence-electron chi connectivity index (χ3n) is 4.37. The Hall–Kier alpha value is -0.410. The van der Waals surface area contributed by atoms with Crippen LogP contribution in [0.3, 0.4) is 0 Å². The molecule has 1 atom stereocenters. The molecule has 0 bridgehead atoms. The summed E-state index contributed by atoms with van der Waals surface area (Å²) >= 11 is 1.93. The Labute approximate surface area is 114 Å². The second kappa shape index (κ2) is 5.30. The van der Waals surface area contributed by atoms with Crippen LogP contribution in [0.2, 0.25) is 0 Å². The second-order valence-corrected chi connectivity index (χ2v) is 7.11. The minimum atomic E-state index is 0.545. The van der Waals surface area contributed by atoms with E-state index in [9.17, 15) is 0 Å². The third kappa shape index (κ3) is 2.62. The second-order valence-electron chi connectivity index (χ2n) is 5.87. The number of nitrogens with zero attached hydrogens (tertiary/aromatic N) is 1. The van der Waals surface area contributed by atoms with E-state index in [1.54, 1.807) is 0 Å². The van der Waals surface area contributed by atoms with E-state index in [-0.39, 0.29) is 0 Å². The topological polar surface area (TPSA) is 24.9 Å². The molecule has 2 aliphatic carbocycles. The molecular formula is C15H24N2S. The van der Waals surface area contributed by atoms with E-state index in [4.69, 9.17) is 4.98 Å². The van der Waals surface area contributed by atoms with Gasteiger partial charge in [0.25, 0.3) is 0 Å². The monoisotopic (exact) mass is 264 g/mol. The van der Waals surface area contributed by atoms with E-state index in [2.05, 4.69) is 19.2 Å². The largest absolute Gasteiger partial charge is 0.305 e. The molecule has 0 spiro atoms. The molecule has 2 saturated carbocycles. The van der Waals surface area contributed by atoms with E-state index >= 15 is 0 Å². The van der Waals surface area contributed by atoms with Gasteiger partial charge in [-0.3, -0.25) is 0 Å². The van der Waals surface area contributed by atoms with E-state index < -0.39 is 0 Å². The normalized spacial score (nSPS) is 22.6. The van der Waals surface area contributed by atoms with Gasteiger partial charge < -0.3 is 5.32 Å². The van der Waals surface area contributed by atoms with Gasteiger partial charge >= 0.3 is 0 Å². The first kappa shape index (κ1) is 12.6. The molecule has 1 aromatic rings. The van der Waals surface area contributed by atoms with Crippen LogP contribution in [-0.2, 0) is 6.42 Å². The van der Waals surface area contributed by atoms with Crippen molar-refractivity contribution < 1.29 is 0 Å². The smallest absolute Gasteiger partial charge is 0.110 e. The van der Waals surface area contributed by atoms with Crippen molar-refractivity contribution in [3.05, 3.63) is 15.6 Å². The third-order valence-corrected chi connectivity index (χ3v) is 5.47. The zero-order chi connectivity index (χ0) is 12.5. The van der Waals surface area contributed by atoms with Gasteiger partial charge in [-0.1, -0.05) is 19.8 Å². The molecule has 3 rings (SSSR count). The maximum atomic E-state index is 4.91. The van der Waals surface area contributed by atoms with E-state index in [0.717, 1.165) is 18.4 Å².